The summed E-state index contributed by atoms with van der Waals surface area (Å²) in [5.41, 5.74) is 0.450. The van der Waals surface area contributed by atoms with Crippen LogP contribution in [0.1, 0.15) is 37.3 Å². The van der Waals surface area contributed by atoms with Crippen LogP contribution < -0.4 is 5.32 Å². The average Bonchev–Trinajstić information content (AvgIpc) is 3.21. The maximum absolute atomic E-state index is 13.2. The number of nitro groups is 1. The quantitative estimate of drug-likeness (QED) is 0.409. The fourth-order valence-electron chi connectivity index (χ4n) is 4.36. The summed E-state index contributed by atoms with van der Waals surface area (Å²) in [4.78, 5) is 54.0. The molecule has 0 saturated carbocycles. The molecule has 1 aromatic heterocycles. The number of amides is 2. The Morgan fingerprint density at radius 2 is 1.89 bits per heavy atom. The number of hydrogen-bond donors (Lipinski definition) is 1. The fourth-order valence-corrected chi connectivity index (χ4v) is 5.41. The molecule has 1 saturated heterocycles. The second-order valence-electron chi connectivity index (χ2n) is 8.34. The number of nitrogens with zero attached hydrogens (tertiary/aromatic N) is 3. The largest absolute Gasteiger partial charge is 0.445 e. The first kappa shape index (κ1) is 26.1. The lowest BCUT2D eigenvalue weighted by Gasteiger charge is -2.36. The van der Waals surface area contributed by atoms with Crippen LogP contribution in [0, 0.1) is 10.1 Å². The Morgan fingerprint density at radius 1 is 1.20 bits per heavy atom. The van der Waals surface area contributed by atoms with Gasteiger partial charge >= 0.3 is 6.09 Å². The molecular formula is C24H28N4O6S. The lowest BCUT2D eigenvalue weighted by Crippen LogP contribution is -2.56. The third-order valence-electron chi connectivity index (χ3n) is 5.99. The molecule has 2 amide bonds. The van der Waals surface area contributed by atoms with Gasteiger partial charge < -0.3 is 10.1 Å². The van der Waals surface area contributed by atoms with Crippen LogP contribution in [-0.2, 0) is 27.4 Å². The standard InChI is InChI=1S/C24H28N4O6S/c1-17(29)35-21-14-24(22(30)25-2,11-3-4-18-9-12-26-13-10-18)27(15-21)23(31)34-16-19-5-7-20(8-6-19)28(32)33/h5-10,12-13,21H,3-4,11,14-16H2,1-2H3,(H,25,30)/t21-,24-/m0/s1. The molecule has 0 spiro atoms. The van der Waals surface area contributed by atoms with Crippen molar-refractivity contribution in [3.05, 3.63) is 70.0 Å². The number of likely N-dealkylation sites (tertiary alicyclic amines) is 1. The molecule has 0 unspecified atom stereocenters. The Kier molecular flexibility index (Phi) is 8.80. The van der Waals surface area contributed by atoms with Gasteiger partial charge in [0.25, 0.3) is 5.69 Å². The Bertz CT molecular complexity index is 1070. The van der Waals surface area contributed by atoms with Crippen molar-refractivity contribution in [2.45, 2.75) is 50.0 Å². The number of benzene rings is 1. The van der Waals surface area contributed by atoms with E-state index < -0.39 is 16.6 Å². The second-order valence-corrected chi connectivity index (χ2v) is 9.82. The number of aryl methyl sites for hydroxylation is 1. The third kappa shape index (κ3) is 6.56. The number of likely N-dealkylation sites (N-methyl/N-ethyl adjacent to an activating group) is 1. The van der Waals surface area contributed by atoms with Crippen molar-refractivity contribution in [1.82, 2.24) is 15.2 Å². The average molecular weight is 501 g/mol. The van der Waals surface area contributed by atoms with Crippen molar-refractivity contribution in [3.8, 4) is 0 Å². The van der Waals surface area contributed by atoms with Crippen LogP contribution >= 0.6 is 11.8 Å². The van der Waals surface area contributed by atoms with Crippen molar-refractivity contribution in [2.75, 3.05) is 13.6 Å². The Labute approximate surface area is 207 Å². The Morgan fingerprint density at radius 3 is 2.49 bits per heavy atom. The van der Waals surface area contributed by atoms with Crippen molar-refractivity contribution >= 4 is 34.6 Å². The number of nitrogens with one attached hydrogen (secondary N) is 1. The predicted octanol–water partition coefficient (Wildman–Crippen LogP) is 3.49. The lowest BCUT2D eigenvalue weighted by atomic mass is 9.88. The first-order valence-electron chi connectivity index (χ1n) is 11.2. The molecule has 1 aromatic carbocycles. The van der Waals surface area contributed by atoms with Crippen LogP contribution in [0.3, 0.4) is 0 Å². The van der Waals surface area contributed by atoms with Crippen LogP contribution in [0.25, 0.3) is 0 Å². The zero-order valence-electron chi connectivity index (χ0n) is 19.6. The van der Waals surface area contributed by atoms with Crippen LogP contribution in [0.4, 0.5) is 10.5 Å². The molecule has 35 heavy (non-hydrogen) atoms. The van der Waals surface area contributed by atoms with Gasteiger partial charge in [0, 0.05) is 50.3 Å². The first-order valence-corrected chi connectivity index (χ1v) is 12.1. The maximum Gasteiger partial charge on any atom is 0.411 e. The van der Waals surface area contributed by atoms with Gasteiger partial charge in [0.2, 0.25) is 5.91 Å². The summed E-state index contributed by atoms with van der Waals surface area (Å²) in [6.45, 7) is 1.57. The van der Waals surface area contributed by atoms with Gasteiger partial charge in [-0.2, -0.15) is 0 Å². The van der Waals surface area contributed by atoms with Crippen molar-refractivity contribution in [3.63, 3.8) is 0 Å². The molecule has 10 nitrogen and oxygen atoms in total. The normalized spacial score (nSPS) is 19.3. The number of carbonyl (C=O) groups excluding carboxylic acids is 3. The SMILES string of the molecule is CNC(=O)[C@]1(CCCc2ccncc2)C[C@H](SC(C)=O)CN1C(=O)OCc1ccc([N+](=O)[O-])cc1. The van der Waals surface area contributed by atoms with Crippen LogP contribution in [-0.4, -0.2) is 56.3 Å². The molecule has 0 aliphatic carbocycles. The number of aromatic nitrogens is 1. The Hall–Kier alpha value is -3.47. The summed E-state index contributed by atoms with van der Waals surface area (Å²) in [5, 5.41) is 13.2. The van der Waals surface area contributed by atoms with E-state index in [0.29, 0.717) is 31.2 Å². The van der Waals surface area contributed by atoms with E-state index in [0.717, 1.165) is 17.3 Å². The molecule has 0 bridgehead atoms. The predicted molar refractivity (Wildman–Crippen MR) is 131 cm³/mol. The molecule has 0 radical (unpaired) electrons. The van der Waals surface area contributed by atoms with Gasteiger partial charge in [0.05, 0.1) is 4.92 Å². The van der Waals surface area contributed by atoms with E-state index in [9.17, 15) is 24.5 Å². The van der Waals surface area contributed by atoms with Gasteiger partial charge in [-0.1, -0.05) is 11.8 Å². The number of carbonyl (C=O) groups is 3. The van der Waals surface area contributed by atoms with E-state index in [-0.39, 0.29) is 35.1 Å². The number of ether oxygens (including phenoxy) is 1. The summed E-state index contributed by atoms with van der Waals surface area (Å²) in [6, 6.07) is 9.53. The molecule has 1 N–H and O–H groups in total. The lowest BCUT2D eigenvalue weighted by molar-refractivity contribution is -0.384. The summed E-state index contributed by atoms with van der Waals surface area (Å²) in [6.07, 6.45) is 4.83. The number of rotatable bonds is 9. The number of non-ortho nitro benzene ring substituents is 1. The second kappa shape index (κ2) is 11.8. The van der Waals surface area contributed by atoms with E-state index in [1.807, 2.05) is 12.1 Å². The molecule has 1 aliphatic heterocycles. The van der Waals surface area contributed by atoms with E-state index in [1.165, 1.54) is 43.1 Å². The number of pyridine rings is 1. The van der Waals surface area contributed by atoms with Crippen LogP contribution in [0.15, 0.2) is 48.8 Å². The minimum Gasteiger partial charge on any atom is -0.445 e. The van der Waals surface area contributed by atoms with Gasteiger partial charge in [-0.15, -0.1) is 0 Å². The van der Waals surface area contributed by atoms with E-state index in [4.69, 9.17) is 4.74 Å². The van der Waals surface area contributed by atoms with Gasteiger partial charge in [-0.05, 0) is 61.1 Å². The molecule has 3 rings (SSSR count). The summed E-state index contributed by atoms with van der Waals surface area (Å²) in [7, 11) is 1.53. The zero-order valence-corrected chi connectivity index (χ0v) is 20.5. The molecule has 11 heteroatoms. The highest BCUT2D eigenvalue weighted by Crippen LogP contribution is 2.40. The van der Waals surface area contributed by atoms with Gasteiger partial charge in [0.1, 0.15) is 12.1 Å². The fraction of sp³-hybridized carbons (Fsp3) is 0.417. The van der Waals surface area contributed by atoms with E-state index in [1.54, 1.807) is 12.4 Å². The minimum atomic E-state index is -1.15. The minimum absolute atomic E-state index is 0.0588. The molecule has 1 fully saturated rings. The summed E-state index contributed by atoms with van der Waals surface area (Å²) in [5.74, 6) is -0.300. The number of nitro benzene ring substituents is 1. The van der Waals surface area contributed by atoms with Crippen LogP contribution in [0.2, 0.25) is 0 Å². The smallest absolute Gasteiger partial charge is 0.411 e. The highest BCUT2D eigenvalue weighted by molar-refractivity contribution is 8.14. The zero-order chi connectivity index (χ0) is 25.4. The molecule has 1 aliphatic rings. The maximum atomic E-state index is 13.2. The van der Waals surface area contributed by atoms with Gasteiger partial charge in [0.15, 0.2) is 5.12 Å². The number of thioether (sulfide) groups is 1. The van der Waals surface area contributed by atoms with Gasteiger partial charge in [-0.3, -0.25) is 29.6 Å². The highest BCUT2D eigenvalue weighted by Gasteiger charge is 2.53. The third-order valence-corrected chi connectivity index (χ3v) is 6.97. The summed E-state index contributed by atoms with van der Waals surface area (Å²) < 4.78 is 5.51. The van der Waals surface area contributed by atoms with Crippen molar-refractivity contribution < 1.29 is 24.0 Å². The van der Waals surface area contributed by atoms with Gasteiger partial charge in [-0.25, -0.2) is 4.79 Å². The van der Waals surface area contributed by atoms with E-state index in [2.05, 4.69) is 10.3 Å². The monoisotopic (exact) mass is 500 g/mol. The molecule has 2 heterocycles. The number of hydrogen-bond acceptors (Lipinski definition) is 8. The Balaban J connectivity index is 1.77. The molecule has 186 valence electrons. The van der Waals surface area contributed by atoms with E-state index >= 15 is 0 Å². The molecule has 2 aromatic rings. The highest BCUT2D eigenvalue weighted by atomic mass is 32.2. The van der Waals surface area contributed by atoms with Crippen LogP contribution in [0.5, 0.6) is 0 Å². The topological polar surface area (TPSA) is 132 Å². The molecular weight excluding hydrogens is 472 g/mol. The first-order chi connectivity index (χ1) is 16.7. The van der Waals surface area contributed by atoms with Crippen molar-refractivity contribution in [1.29, 1.82) is 0 Å². The molecule has 2 atom stereocenters. The van der Waals surface area contributed by atoms with Crippen molar-refractivity contribution in [2.24, 2.45) is 0 Å². The summed E-state index contributed by atoms with van der Waals surface area (Å²) >= 11 is 1.12.